The van der Waals surface area contributed by atoms with E-state index in [-0.39, 0.29) is 25.8 Å². The van der Waals surface area contributed by atoms with Crippen molar-refractivity contribution in [2.45, 2.75) is 38.9 Å². The summed E-state index contributed by atoms with van der Waals surface area (Å²) >= 11 is 0. The van der Waals surface area contributed by atoms with Crippen molar-refractivity contribution in [2.24, 2.45) is 0 Å². The fourth-order valence-electron chi connectivity index (χ4n) is 2.96. The summed E-state index contributed by atoms with van der Waals surface area (Å²) in [5, 5.41) is 12.0. The third-order valence-corrected chi connectivity index (χ3v) is 6.47. The average molecular weight is 433 g/mol. The number of carbonyl (C=O) groups is 2. The van der Waals surface area contributed by atoms with Crippen molar-refractivity contribution in [3.63, 3.8) is 0 Å². The van der Waals surface area contributed by atoms with Crippen LogP contribution < -0.4 is 5.32 Å². The van der Waals surface area contributed by atoms with Gasteiger partial charge in [0.2, 0.25) is 0 Å². The van der Waals surface area contributed by atoms with E-state index in [0.29, 0.717) is 17.5 Å². The Morgan fingerprint density at radius 3 is 2.10 bits per heavy atom. The lowest BCUT2D eigenvalue weighted by Gasteiger charge is -2.17. The van der Waals surface area contributed by atoms with Gasteiger partial charge in [-0.15, -0.1) is 0 Å². The Hall–Kier alpha value is -2.47. The number of rotatable bonds is 12. The number of benzene rings is 2. The van der Waals surface area contributed by atoms with Crippen LogP contribution >= 0.6 is 7.60 Å². The van der Waals surface area contributed by atoms with E-state index < -0.39 is 25.5 Å². The van der Waals surface area contributed by atoms with Gasteiger partial charge in [-0.3, -0.25) is 9.36 Å². The summed E-state index contributed by atoms with van der Waals surface area (Å²) in [5.74, 6) is -1.55. The topological polar surface area (TPSA) is 102 Å². The summed E-state index contributed by atoms with van der Waals surface area (Å²) in [4.78, 5) is 24.0. The minimum atomic E-state index is -3.23. The minimum Gasteiger partial charge on any atom is -0.480 e. The van der Waals surface area contributed by atoms with Crippen LogP contribution in [0.15, 0.2) is 54.6 Å². The molecule has 0 aliphatic rings. The van der Waals surface area contributed by atoms with Crippen LogP contribution in [0.2, 0.25) is 0 Å². The van der Waals surface area contributed by atoms with E-state index in [0.717, 1.165) is 5.56 Å². The number of hydrogen-bond donors (Lipinski definition) is 2. The predicted octanol–water partition coefficient (Wildman–Crippen LogP) is 4.27. The van der Waals surface area contributed by atoms with Gasteiger partial charge in [-0.1, -0.05) is 42.5 Å². The molecule has 30 heavy (non-hydrogen) atoms. The molecule has 1 amide bonds. The predicted molar refractivity (Wildman–Crippen MR) is 115 cm³/mol. The standard InChI is InChI=1S/C22H28NO6P/c1-3-28-30(27,29-4-2)16-18-10-13-19(14-11-18)21(24)23-20(22(25)26)15-12-17-8-6-5-7-9-17/h5-11,13-14,20H,3-4,12,15-16H2,1-2H3,(H,23,24)(H,25,26)/t20-/m0/s1. The van der Waals surface area contributed by atoms with Gasteiger partial charge in [-0.25, -0.2) is 4.79 Å². The zero-order chi connectivity index (χ0) is 22.0. The Bertz CT molecular complexity index is 859. The summed E-state index contributed by atoms with van der Waals surface area (Å²) in [7, 11) is -3.23. The van der Waals surface area contributed by atoms with Crippen molar-refractivity contribution in [3.05, 3.63) is 71.3 Å². The zero-order valence-electron chi connectivity index (χ0n) is 17.2. The highest BCUT2D eigenvalue weighted by molar-refractivity contribution is 7.53. The van der Waals surface area contributed by atoms with Gasteiger partial charge in [-0.2, -0.15) is 0 Å². The molecule has 0 saturated heterocycles. The molecule has 0 fully saturated rings. The second kappa shape index (κ2) is 11.6. The number of hydrogen-bond acceptors (Lipinski definition) is 5. The third kappa shape index (κ3) is 7.41. The molecular formula is C22H28NO6P. The molecule has 1 atom stereocenters. The average Bonchev–Trinajstić information content (AvgIpc) is 2.72. The fraction of sp³-hybridized carbons (Fsp3) is 0.364. The Balaban J connectivity index is 1.99. The first-order chi connectivity index (χ1) is 14.4. The summed E-state index contributed by atoms with van der Waals surface area (Å²) < 4.78 is 23.2. The fourth-order valence-corrected chi connectivity index (χ4v) is 4.66. The maximum Gasteiger partial charge on any atom is 0.335 e. The molecule has 0 heterocycles. The van der Waals surface area contributed by atoms with E-state index in [1.54, 1.807) is 38.1 Å². The number of carboxylic acids is 1. The van der Waals surface area contributed by atoms with Gasteiger partial charge in [0, 0.05) is 5.56 Å². The summed E-state index contributed by atoms with van der Waals surface area (Å²) in [5.41, 5.74) is 2.04. The van der Waals surface area contributed by atoms with Crippen LogP contribution in [0.5, 0.6) is 0 Å². The highest BCUT2D eigenvalue weighted by Gasteiger charge is 2.24. The molecule has 162 valence electrons. The molecule has 0 saturated carbocycles. The Morgan fingerprint density at radius 2 is 1.57 bits per heavy atom. The van der Waals surface area contributed by atoms with E-state index >= 15 is 0 Å². The number of aryl methyl sites for hydroxylation is 1. The molecule has 2 rings (SSSR count). The highest BCUT2D eigenvalue weighted by Crippen LogP contribution is 2.51. The first kappa shape index (κ1) is 23.8. The second-order valence-electron chi connectivity index (χ2n) is 6.69. The lowest BCUT2D eigenvalue weighted by Crippen LogP contribution is -2.41. The van der Waals surface area contributed by atoms with Crippen LogP contribution in [0.25, 0.3) is 0 Å². The van der Waals surface area contributed by atoms with E-state index in [2.05, 4.69) is 5.32 Å². The minimum absolute atomic E-state index is 0.103. The Labute approximate surface area is 176 Å². The van der Waals surface area contributed by atoms with Crippen LogP contribution in [-0.2, 0) is 31.0 Å². The molecular weight excluding hydrogens is 405 g/mol. The normalized spacial score (nSPS) is 12.3. The van der Waals surface area contributed by atoms with Crippen LogP contribution in [0.3, 0.4) is 0 Å². The molecule has 2 aromatic rings. The van der Waals surface area contributed by atoms with Gasteiger partial charge in [0.1, 0.15) is 6.04 Å². The number of carboxylic acid groups (broad SMARTS) is 1. The number of nitrogens with one attached hydrogen (secondary N) is 1. The molecule has 0 aromatic heterocycles. The number of aliphatic carboxylic acids is 1. The van der Waals surface area contributed by atoms with Gasteiger partial charge in [0.25, 0.3) is 5.91 Å². The van der Waals surface area contributed by atoms with Crippen LogP contribution in [0.4, 0.5) is 0 Å². The summed E-state index contributed by atoms with van der Waals surface area (Å²) in [6, 6.07) is 15.0. The monoisotopic (exact) mass is 433 g/mol. The molecule has 8 heteroatoms. The van der Waals surface area contributed by atoms with Crippen molar-refractivity contribution in [1.29, 1.82) is 0 Å². The molecule has 0 radical (unpaired) electrons. The van der Waals surface area contributed by atoms with Crippen molar-refractivity contribution in [3.8, 4) is 0 Å². The summed E-state index contributed by atoms with van der Waals surface area (Å²) in [6.07, 6.45) is 0.932. The van der Waals surface area contributed by atoms with E-state index in [1.165, 1.54) is 0 Å². The van der Waals surface area contributed by atoms with Crippen molar-refractivity contribution >= 4 is 19.5 Å². The molecule has 7 nitrogen and oxygen atoms in total. The number of carbonyl (C=O) groups excluding carboxylic acids is 1. The summed E-state index contributed by atoms with van der Waals surface area (Å²) in [6.45, 7) is 4.04. The molecule has 2 aromatic carbocycles. The second-order valence-corrected chi connectivity index (χ2v) is 8.74. The first-order valence-corrected chi connectivity index (χ1v) is 11.6. The quantitative estimate of drug-likeness (QED) is 0.485. The van der Waals surface area contributed by atoms with E-state index in [4.69, 9.17) is 9.05 Å². The van der Waals surface area contributed by atoms with Crippen molar-refractivity contribution in [1.82, 2.24) is 5.32 Å². The Kier molecular flexibility index (Phi) is 9.24. The molecule has 0 aliphatic carbocycles. The molecule has 2 N–H and O–H groups in total. The van der Waals surface area contributed by atoms with E-state index in [9.17, 15) is 19.3 Å². The molecule has 0 bridgehead atoms. The SMILES string of the molecule is CCOP(=O)(Cc1ccc(C(=O)N[C@@H](CCc2ccccc2)C(=O)O)cc1)OCC. The van der Waals surface area contributed by atoms with Crippen molar-refractivity contribution in [2.75, 3.05) is 13.2 Å². The van der Waals surface area contributed by atoms with Crippen LogP contribution in [-0.4, -0.2) is 36.2 Å². The van der Waals surface area contributed by atoms with Gasteiger partial charge in [-0.05, 0) is 49.9 Å². The lowest BCUT2D eigenvalue weighted by atomic mass is 10.0. The highest BCUT2D eigenvalue weighted by atomic mass is 31.2. The van der Waals surface area contributed by atoms with Gasteiger partial charge in [0.05, 0.1) is 19.4 Å². The zero-order valence-corrected chi connectivity index (χ0v) is 18.1. The largest absolute Gasteiger partial charge is 0.480 e. The van der Waals surface area contributed by atoms with Crippen molar-refractivity contribution < 1.29 is 28.3 Å². The van der Waals surface area contributed by atoms with Crippen LogP contribution in [0, 0.1) is 0 Å². The smallest absolute Gasteiger partial charge is 0.335 e. The maximum atomic E-state index is 12.6. The molecule has 0 aliphatic heterocycles. The van der Waals surface area contributed by atoms with Gasteiger partial charge in [0.15, 0.2) is 0 Å². The first-order valence-electron chi connectivity index (χ1n) is 9.91. The lowest BCUT2D eigenvalue weighted by molar-refractivity contribution is -0.139. The Morgan fingerprint density at radius 1 is 0.967 bits per heavy atom. The van der Waals surface area contributed by atoms with Gasteiger partial charge < -0.3 is 19.5 Å². The molecule has 0 spiro atoms. The third-order valence-electron chi connectivity index (χ3n) is 4.41. The molecule has 0 unspecified atom stereocenters. The van der Waals surface area contributed by atoms with E-state index in [1.807, 2.05) is 30.3 Å². The maximum absolute atomic E-state index is 12.6. The van der Waals surface area contributed by atoms with Crippen LogP contribution in [0.1, 0.15) is 41.8 Å². The number of amides is 1. The van der Waals surface area contributed by atoms with Gasteiger partial charge >= 0.3 is 13.6 Å².